The van der Waals surface area contributed by atoms with Crippen LogP contribution < -0.4 is 5.32 Å². The molecule has 0 saturated heterocycles. The third-order valence-electron chi connectivity index (χ3n) is 3.55. The highest BCUT2D eigenvalue weighted by molar-refractivity contribution is 6.53. The van der Waals surface area contributed by atoms with Crippen molar-refractivity contribution in [3.8, 4) is 11.4 Å². The molecule has 6 nitrogen and oxygen atoms in total. The molecule has 3 rings (SSSR count). The number of amides is 1. The van der Waals surface area contributed by atoms with Gasteiger partial charge < -0.3 is 9.84 Å². The molecule has 0 unspecified atom stereocenters. The molecule has 110 valence electrons. The zero-order valence-corrected chi connectivity index (χ0v) is 12.6. The van der Waals surface area contributed by atoms with E-state index in [1.165, 1.54) is 0 Å². The Morgan fingerprint density at radius 3 is 2.90 bits per heavy atom. The number of nitrogens with one attached hydrogen (secondary N) is 1. The first kappa shape index (κ1) is 14.3. The predicted octanol–water partition coefficient (Wildman–Crippen LogP) is 2.33. The molecular weight excluding hydrogens is 315 g/mol. The maximum Gasteiger partial charge on any atom is 0.246 e. The molecule has 2 heterocycles. The largest absolute Gasteiger partial charge is 0.346 e. The minimum absolute atomic E-state index is 0.130. The summed E-state index contributed by atoms with van der Waals surface area (Å²) in [7, 11) is 0. The van der Waals surface area contributed by atoms with E-state index < -0.39 is 9.75 Å². The molecular formula is C13H12Cl2N4O2. The van der Waals surface area contributed by atoms with Gasteiger partial charge in [-0.1, -0.05) is 5.16 Å². The number of carbonyl (C=O) groups is 1. The molecule has 1 saturated carbocycles. The highest BCUT2D eigenvalue weighted by Crippen LogP contribution is 2.63. The summed E-state index contributed by atoms with van der Waals surface area (Å²) in [6, 6.07) is 3.60. The maximum atomic E-state index is 12.0. The number of pyridine rings is 1. The van der Waals surface area contributed by atoms with Gasteiger partial charge in [0.05, 0.1) is 12.0 Å². The van der Waals surface area contributed by atoms with Gasteiger partial charge in [-0.3, -0.25) is 9.78 Å². The third kappa shape index (κ3) is 2.61. The Labute approximate surface area is 130 Å². The monoisotopic (exact) mass is 326 g/mol. The molecule has 2 aromatic heterocycles. The van der Waals surface area contributed by atoms with Gasteiger partial charge in [-0.15, -0.1) is 23.2 Å². The minimum atomic E-state index is -0.993. The summed E-state index contributed by atoms with van der Waals surface area (Å²) >= 11 is 11.9. The topological polar surface area (TPSA) is 80.9 Å². The molecule has 21 heavy (non-hydrogen) atoms. The van der Waals surface area contributed by atoms with Crippen LogP contribution in [0.3, 0.4) is 0 Å². The van der Waals surface area contributed by atoms with Crippen molar-refractivity contribution in [1.82, 2.24) is 20.4 Å². The Balaban J connectivity index is 1.63. The van der Waals surface area contributed by atoms with E-state index in [-0.39, 0.29) is 12.5 Å². The normalized spacial score (nSPS) is 22.8. The lowest BCUT2D eigenvalue weighted by Gasteiger charge is -2.10. The van der Waals surface area contributed by atoms with Gasteiger partial charge in [0.1, 0.15) is 4.33 Å². The smallest absolute Gasteiger partial charge is 0.246 e. The Morgan fingerprint density at radius 2 is 2.29 bits per heavy atom. The van der Waals surface area contributed by atoms with Crippen molar-refractivity contribution >= 4 is 29.1 Å². The van der Waals surface area contributed by atoms with Crippen LogP contribution in [0.1, 0.15) is 19.2 Å². The summed E-state index contributed by atoms with van der Waals surface area (Å²) in [6.45, 7) is 1.85. The minimum Gasteiger partial charge on any atom is -0.346 e. The summed E-state index contributed by atoms with van der Waals surface area (Å²) in [4.78, 5) is 20.2. The standard InChI is InChI=1S/C13H12Cl2N4O2/c1-12(7-13(12,14)15)11(20)17-6-9-18-10(19-21-9)8-3-2-4-16-5-8/h2-5H,6-7H2,1H3,(H,17,20)/t12-/m1/s1. The van der Waals surface area contributed by atoms with Crippen LogP contribution in [0.25, 0.3) is 11.4 Å². The van der Waals surface area contributed by atoms with Crippen molar-refractivity contribution in [2.45, 2.75) is 24.2 Å². The number of carbonyl (C=O) groups excluding carboxylic acids is 1. The van der Waals surface area contributed by atoms with Crippen molar-refractivity contribution in [2.75, 3.05) is 0 Å². The Bertz CT molecular complexity index is 674. The van der Waals surface area contributed by atoms with Crippen molar-refractivity contribution in [3.63, 3.8) is 0 Å². The SMILES string of the molecule is C[C@]1(C(=O)NCc2nc(-c3cccnc3)no2)CC1(Cl)Cl. The maximum absolute atomic E-state index is 12.0. The molecule has 8 heteroatoms. The van der Waals surface area contributed by atoms with Gasteiger partial charge in [-0.2, -0.15) is 4.98 Å². The van der Waals surface area contributed by atoms with Crippen LogP contribution in [-0.4, -0.2) is 25.4 Å². The van der Waals surface area contributed by atoms with Crippen LogP contribution in [0.15, 0.2) is 29.0 Å². The molecule has 0 radical (unpaired) electrons. The van der Waals surface area contributed by atoms with Gasteiger partial charge in [0.25, 0.3) is 0 Å². The molecule has 2 aromatic rings. The molecule has 0 aliphatic heterocycles. The van der Waals surface area contributed by atoms with Gasteiger partial charge in [0.2, 0.25) is 17.6 Å². The molecule has 1 fully saturated rings. The summed E-state index contributed by atoms with van der Waals surface area (Å²) in [6.07, 6.45) is 3.72. The van der Waals surface area contributed by atoms with Crippen LogP contribution in [-0.2, 0) is 11.3 Å². The summed E-state index contributed by atoms with van der Waals surface area (Å²) < 4.78 is 4.09. The lowest BCUT2D eigenvalue weighted by atomic mass is 10.1. The van der Waals surface area contributed by atoms with E-state index in [2.05, 4.69) is 20.4 Å². The van der Waals surface area contributed by atoms with Crippen molar-refractivity contribution in [2.24, 2.45) is 5.41 Å². The number of hydrogen-bond donors (Lipinski definition) is 1. The molecule has 1 amide bonds. The number of halogens is 2. The number of rotatable bonds is 4. The predicted molar refractivity (Wildman–Crippen MR) is 76.5 cm³/mol. The molecule has 0 aromatic carbocycles. The van der Waals surface area contributed by atoms with Crippen molar-refractivity contribution in [3.05, 3.63) is 30.4 Å². The zero-order valence-electron chi connectivity index (χ0n) is 11.1. The number of alkyl halides is 2. The lowest BCUT2D eigenvalue weighted by molar-refractivity contribution is -0.126. The second-order valence-electron chi connectivity index (χ2n) is 5.15. The zero-order chi connectivity index (χ0) is 15.1. The molecule has 0 bridgehead atoms. The van der Waals surface area contributed by atoms with E-state index in [0.717, 1.165) is 5.56 Å². The van der Waals surface area contributed by atoms with Crippen LogP contribution >= 0.6 is 23.2 Å². The Hall–Kier alpha value is -1.66. The van der Waals surface area contributed by atoms with Crippen LogP contribution in [0.4, 0.5) is 0 Å². The summed E-state index contributed by atoms with van der Waals surface area (Å²) in [5.74, 6) is 0.504. The summed E-state index contributed by atoms with van der Waals surface area (Å²) in [5.41, 5.74) is -0.0176. The molecule has 1 aliphatic rings. The third-order valence-corrected chi connectivity index (χ3v) is 4.65. The average Bonchev–Trinajstić information content (AvgIpc) is 2.83. The fourth-order valence-electron chi connectivity index (χ4n) is 1.94. The molecule has 1 atom stereocenters. The van der Waals surface area contributed by atoms with Gasteiger partial charge in [0.15, 0.2) is 0 Å². The average molecular weight is 327 g/mol. The Kier molecular flexibility index (Phi) is 3.37. The van der Waals surface area contributed by atoms with E-state index in [9.17, 15) is 4.79 Å². The Morgan fingerprint density at radius 1 is 1.52 bits per heavy atom. The second-order valence-corrected chi connectivity index (χ2v) is 6.63. The number of nitrogens with zero attached hydrogens (tertiary/aromatic N) is 3. The fraction of sp³-hybridized carbons (Fsp3) is 0.385. The van der Waals surface area contributed by atoms with E-state index in [0.29, 0.717) is 18.1 Å². The first-order chi connectivity index (χ1) is 9.92. The first-order valence-electron chi connectivity index (χ1n) is 6.31. The van der Waals surface area contributed by atoms with Gasteiger partial charge in [0, 0.05) is 18.0 Å². The van der Waals surface area contributed by atoms with E-state index in [1.54, 1.807) is 25.4 Å². The molecule has 1 N–H and O–H groups in total. The van der Waals surface area contributed by atoms with Gasteiger partial charge in [-0.05, 0) is 25.5 Å². The molecule has 1 aliphatic carbocycles. The van der Waals surface area contributed by atoms with Gasteiger partial charge in [-0.25, -0.2) is 0 Å². The van der Waals surface area contributed by atoms with E-state index in [1.807, 2.05) is 6.07 Å². The first-order valence-corrected chi connectivity index (χ1v) is 7.07. The lowest BCUT2D eigenvalue weighted by Crippen LogP contribution is -2.32. The fourth-order valence-corrected chi connectivity index (χ4v) is 2.64. The second kappa shape index (κ2) is 4.96. The van der Waals surface area contributed by atoms with Crippen molar-refractivity contribution in [1.29, 1.82) is 0 Å². The van der Waals surface area contributed by atoms with Gasteiger partial charge >= 0.3 is 0 Å². The van der Waals surface area contributed by atoms with Crippen LogP contribution in [0.5, 0.6) is 0 Å². The number of hydrogen-bond acceptors (Lipinski definition) is 5. The van der Waals surface area contributed by atoms with Crippen LogP contribution in [0, 0.1) is 5.41 Å². The highest BCUT2D eigenvalue weighted by Gasteiger charge is 2.67. The van der Waals surface area contributed by atoms with Crippen molar-refractivity contribution < 1.29 is 9.32 Å². The highest BCUT2D eigenvalue weighted by atomic mass is 35.5. The van der Waals surface area contributed by atoms with E-state index >= 15 is 0 Å². The quantitative estimate of drug-likeness (QED) is 0.872. The number of aromatic nitrogens is 3. The molecule has 0 spiro atoms. The summed E-state index contributed by atoms with van der Waals surface area (Å²) in [5, 5.41) is 6.54. The van der Waals surface area contributed by atoms with Crippen LogP contribution in [0.2, 0.25) is 0 Å². The van der Waals surface area contributed by atoms with E-state index in [4.69, 9.17) is 27.7 Å².